The first kappa shape index (κ1) is 27.5. The molecule has 0 saturated carbocycles. The molecule has 0 aliphatic rings. The van der Waals surface area contributed by atoms with Gasteiger partial charge in [0.15, 0.2) is 6.10 Å². The molecule has 1 rings (SSSR count). The molecular weight excluding hydrogens is 424 g/mol. The van der Waals surface area contributed by atoms with Crippen LogP contribution in [0.5, 0.6) is 0 Å². The second kappa shape index (κ2) is 15.3. The van der Waals surface area contributed by atoms with Gasteiger partial charge >= 0.3 is 5.97 Å². The Labute approximate surface area is 193 Å². The van der Waals surface area contributed by atoms with Crippen molar-refractivity contribution in [1.82, 2.24) is 0 Å². The monoisotopic (exact) mass is 458 g/mol. The Kier molecular flexibility index (Phi) is 13.1. The van der Waals surface area contributed by atoms with Crippen molar-refractivity contribution < 1.29 is 22.1 Å². The second-order valence-electron chi connectivity index (χ2n) is 7.57. The molecule has 0 aliphatic carbocycles. The highest BCUT2D eigenvalue weighted by molar-refractivity contribution is 7.86. The molecule has 0 aliphatic heterocycles. The molecule has 0 spiro atoms. The van der Waals surface area contributed by atoms with Gasteiger partial charge in [-0.15, -0.1) is 0 Å². The topological polar surface area (TPSA) is 69.7 Å². The molecule has 0 amide bonds. The summed E-state index contributed by atoms with van der Waals surface area (Å²) in [5, 5.41) is 0. The lowest BCUT2D eigenvalue weighted by molar-refractivity contribution is -0.142. The predicted octanol–water partition coefficient (Wildman–Crippen LogP) is 5.33. The molecule has 1 aromatic rings. The summed E-state index contributed by atoms with van der Waals surface area (Å²) in [7, 11) is -3.94. The zero-order chi connectivity index (χ0) is 23.8. The number of aryl methyl sites for hydroxylation is 1. The quantitative estimate of drug-likeness (QED) is 0.131. The van der Waals surface area contributed by atoms with E-state index >= 15 is 0 Å². The number of unbranched alkanes of at least 4 members (excludes halogenated alkanes) is 6. The Bertz CT molecular complexity index is 940. The number of hydrogen-bond donors (Lipinski definition) is 0. The molecule has 1 aromatic carbocycles. The van der Waals surface area contributed by atoms with Gasteiger partial charge in [-0.2, -0.15) is 8.42 Å². The molecule has 0 saturated heterocycles. The summed E-state index contributed by atoms with van der Waals surface area (Å²) in [5.74, 6) is 10.2. The fourth-order valence-corrected chi connectivity index (χ4v) is 3.91. The van der Waals surface area contributed by atoms with Crippen molar-refractivity contribution in [1.29, 1.82) is 0 Å². The van der Waals surface area contributed by atoms with E-state index in [0.717, 1.165) is 24.8 Å². The van der Waals surface area contributed by atoms with Gasteiger partial charge in [0, 0.05) is 6.92 Å². The Hall–Kier alpha value is -2.54. The summed E-state index contributed by atoms with van der Waals surface area (Å²) < 4.78 is 35.7. The molecule has 32 heavy (non-hydrogen) atoms. The molecule has 0 heterocycles. The van der Waals surface area contributed by atoms with Crippen molar-refractivity contribution >= 4 is 16.1 Å². The largest absolute Gasteiger partial charge is 0.445 e. The number of hydrogen-bond acceptors (Lipinski definition) is 5. The lowest BCUT2D eigenvalue weighted by Gasteiger charge is -2.12. The average Bonchev–Trinajstić information content (AvgIpc) is 2.74. The van der Waals surface area contributed by atoms with Crippen LogP contribution < -0.4 is 0 Å². The number of carbonyl (C=O) groups excluding carboxylic acids is 1. The molecule has 0 radical (unpaired) electrons. The van der Waals surface area contributed by atoms with E-state index in [4.69, 9.17) is 8.92 Å². The van der Waals surface area contributed by atoms with Crippen LogP contribution >= 0.6 is 0 Å². The summed E-state index contributed by atoms with van der Waals surface area (Å²) in [5.41, 5.74) is 0.961. The fourth-order valence-electron chi connectivity index (χ4n) is 2.88. The summed E-state index contributed by atoms with van der Waals surface area (Å²) >= 11 is 0. The first-order valence-corrected chi connectivity index (χ1v) is 12.5. The van der Waals surface area contributed by atoms with Crippen LogP contribution in [0.15, 0.2) is 41.8 Å². The molecule has 0 N–H and O–H groups in total. The van der Waals surface area contributed by atoms with Crippen molar-refractivity contribution in [3.05, 3.63) is 42.5 Å². The van der Waals surface area contributed by atoms with Crippen molar-refractivity contribution in [2.24, 2.45) is 0 Å². The van der Waals surface area contributed by atoms with Crippen LogP contribution in [0.4, 0.5) is 0 Å². The highest BCUT2D eigenvalue weighted by Gasteiger charge is 2.20. The highest BCUT2D eigenvalue weighted by atomic mass is 32.2. The lowest BCUT2D eigenvalue weighted by atomic mass is 10.1. The lowest BCUT2D eigenvalue weighted by Crippen LogP contribution is -2.17. The van der Waals surface area contributed by atoms with Crippen molar-refractivity contribution in [3.63, 3.8) is 0 Å². The predicted molar refractivity (Wildman–Crippen MR) is 127 cm³/mol. The molecule has 0 fully saturated rings. The van der Waals surface area contributed by atoms with E-state index in [1.54, 1.807) is 12.1 Å². The summed E-state index contributed by atoms with van der Waals surface area (Å²) in [6, 6.07) is 6.50. The normalized spacial score (nSPS) is 12.5. The van der Waals surface area contributed by atoms with Crippen LogP contribution in [0.25, 0.3) is 0 Å². The SMILES string of the molecule is C=CC(C#CC#CC(CCCCCCCCC)OS(=O)(=O)c1ccc(C)cc1)OC(C)=O. The maximum absolute atomic E-state index is 12.7. The third kappa shape index (κ3) is 11.7. The Morgan fingerprint density at radius 1 is 1.03 bits per heavy atom. The minimum atomic E-state index is -3.94. The molecule has 2 unspecified atom stereocenters. The number of benzene rings is 1. The van der Waals surface area contributed by atoms with Gasteiger partial charge < -0.3 is 4.74 Å². The maximum Gasteiger partial charge on any atom is 0.304 e. The first-order chi connectivity index (χ1) is 15.3. The zero-order valence-electron chi connectivity index (χ0n) is 19.4. The highest BCUT2D eigenvalue weighted by Crippen LogP contribution is 2.18. The minimum Gasteiger partial charge on any atom is -0.445 e. The van der Waals surface area contributed by atoms with Gasteiger partial charge in [0.2, 0.25) is 0 Å². The first-order valence-electron chi connectivity index (χ1n) is 11.1. The maximum atomic E-state index is 12.7. The Morgan fingerprint density at radius 3 is 2.22 bits per heavy atom. The second-order valence-corrected chi connectivity index (χ2v) is 9.14. The summed E-state index contributed by atoms with van der Waals surface area (Å²) in [4.78, 5) is 11.1. The summed E-state index contributed by atoms with van der Waals surface area (Å²) in [6.45, 7) is 8.91. The Balaban J connectivity index is 2.84. The van der Waals surface area contributed by atoms with E-state index in [1.165, 1.54) is 50.8 Å². The van der Waals surface area contributed by atoms with Crippen molar-refractivity contribution in [2.45, 2.75) is 89.2 Å². The van der Waals surface area contributed by atoms with E-state index in [0.29, 0.717) is 6.42 Å². The van der Waals surface area contributed by atoms with Crippen LogP contribution in [0, 0.1) is 30.6 Å². The average molecular weight is 459 g/mol. The van der Waals surface area contributed by atoms with Gasteiger partial charge in [0.25, 0.3) is 10.1 Å². The molecule has 0 aromatic heterocycles. The smallest absolute Gasteiger partial charge is 0.304 e. The molecular formula is C26H34O5S. The van der Waals surface area contributed by atoms with Crippen LogP contribution in [0.2, 0.25) is 0 Å². The standard InChI is InChI=1S/C26H34O5S/c1-5-7-8-9-10-11-12-16-25(17-14-13-15-24(6-2)30-23(4)27)31-32(28,29)26-20-18-22(3)19-21-26/h6,18-21,24-25H,2,5,7-12,16H2,1,3-4H3. The van der Waals surface area contributed by atoms with Crippen molar-refractivity contribution in [2.75, 3.05) is 0 Å². The van der Waals surface area contributed by atoms with Crippen LogP contribution in [-0.4, -0.2) is 26.6 Å². The minimum absolute atomic E-state index is 0.0992. The van der Waals surface area contributed by atoms with E-state index < -0.39 is 28.3 Å². The van der Waals surface area contributed by atoms with Gasteiger partial charge in [0.05, 0.1) is 4.90 Å². The van der Waals surface area contributed by atoms with Crippen molar-refractivity contribution in [3.8, 4) is 23.7 Å². The number of rotatable bonds is 13. The van der Waals surface area contributed by atoms with E-state index in [-0.39, 0.29) is 4.90 Å². The summed E-state index contributed by atoms with van der Waals surface area (Å²) in [6.07, 6.45) is 8.07. The van der Waals surface area contributed by atoms with Gasteiger partial charge in [-0.05, 0) is 55.7 Å². The molecule has 0 bridgehead atoms. The van der Waals surface area contributed by atoms with E-state index in [2.05, 4.69) is 37.2 Å². The van der Waals surface area contributed by atoms with Gasteiger partial charge in [-0.3, -0.25) is 4.79 Å². The number of ether oxygens (including phenoxy) is 1. The third-order valence-corrected chi connectivity index (χ3v) is 5.97. The number of carbonyl (C=O) groups is 1. The van der Waals surface area contributed by atoms with E-state index in [9.17, 15) is 13.2 Å². The van der Waals surface area contributed by atoms with Crippen LogP contribution in [0.1, 0.15) is 70.8 Å². The van der Waals surface area contributed by atoms with Crippen LogP contribution in [0.3, 0.4) is 0 Å². The van der Waals surface area contributed by atoms with Gasteiger partial charge in [-0.25, -0.2) is 4.18 Å². The molecule has 6 heteroatoms. The molecule has 5 nitrogen and oxygen atoms in total. The fraction of sp³-hybridized carbons (Fsp3) is 0.500. The zero-order valence-corrected chi connectivity index (χ0v) is 20.2. The molecule has 2 atom stereocenters. The van der Waals surface area contributed by atoms with Gasteiger partial charge in [-0.1, -0.05) is 75.6 Å². The van der Waals surface area contributed by atoms with E-state index in [1.807, 2.05) is 6.92 Å². The molecule has 174 valence electrons. The Morgan fingerprint density at radius 2 is 1.62 bits per heavy atom. The van der Waals surface area contributed by atoms with Gasteiger partial charge in [0.1, 0.15) is 6.10 Å². The third-order valence-electron chi connectivity index (χ3n) is 4.64. The van der Waals surface area contributed by atoms with Crippen LogP contribution in [-0.2, 0) is 23.8 Å². The number of esters is 1.